The first-order chi connectivity index (χ1) is 8.56. The third-order valence-electron chi connectivity index (χ3n) is 3.18. The van der Waals surface area contributed by atoms with Gasteiger partial charge in [-0.25, -0.2) is 4.72 Å². The number of aliphatic hydroxyl groups is 1. The largest absolute Gasteiger partial charge is 0.396 e. The number of hydrogen-bond donors (Lipinski definition) is 2. The average molecular weight is 279 g/mol. The molecule has 0 atom stereocenters. The van der Waals surface area contributed by atoms with Gasteiger partial charge in [0, 0.05) is 26.7 Å². The fraction of sp³-hybridized carbons (Fsp3) is 1.00. The van der Waals surface area contributed by atoms with E-state index in [9.17, 15) is 8.42 Å². The molecule has 0 aromatic carbocycles. The van der Waals surface area contributed by atoms with Crippen LogP contribution in [0.15, 0.2) is 0 Å². The van der Waals surface area contributed by atoms with Crippen LogP contribution >= 0.6 is 0 Å². The maximum atomic E-state index is 11.8. The Bertz CT molecular complexity index is 315. The lowest BCUT2D eigenvalue weighted by Gasteiger charge is -2.18. The minimum Gasteiger partial charge on any atom is -0.396 e. The fourth-order valence-corrected chi connectivity index (χ4v) is 3.03. The topological polar surface area (TPSA) is 72.9 Å². The minimum atomic E-state index is -3.37. The van der Waals surface area contributed by atoms with Gasteiger partial charge in [-0.1, -0.05) is 0 Å². The summed E-state index contributed by atoms with van der Waals surface area (Å²) in [4.78, 5) is 2.36. The Labute approximate surface area is 110 Å². The van der Waals surface area contributed by atoms with Gasteiger partial charge in [0.25, 0.3) is 10.2 Å². The molecule has 1 heterocycles. The molecule has 0 aliphatic carbocycles. The molecule has 2 N–H and O–H groups in total. The van der Waals surface area contributed by atoms with Gasteiger partial charge in [0.2, 0.25) is 0 Å². The van der Waals surface area contributed by atoms with Crippen molar-refractivity contribution in [2.45, 2.75) is 25.7 Å². The van der Waals surface area contributed by atoms with Gasteiger partial charge in [-0.3, -0.25) is 0 Å². The van der Waals surface area contributed by atoms with E-state index in [4.69, 9.17) is 5.11 Å². The van der Waals surface area contributed by atoms with Crippen LogP contribution in [0.25, 0.3) is 0 Å². The molecule has 1 fully saturated rings. The zero-order valence-electron chi connectivity index (χ0n) is 11.1. The van der Waals surface area contributed by atoms with Crippen LogP contribution in [0.5, 0.6) is 0 Å². The summed E-state index contributed by atoms with van der Waals surface area (Å²) in [5, 5.41) is 8.67. The maximum Gasteiger partial charge on any atom is 0.279 e. The highest BCUT2D eigenvalue weighted by molar-refractivity contribution is 7.87. The van der Waals surface area contributed by atoms with Gasteiger partial charge in [0.1, 0.15) is 0 Å². The van der Waals surface area contributed by atoms with Gasteiger partial charge in [0.15, 0.2) is 0 Å². The summed E-state index contributed by atoms with van der Waals surface area (Å²) < 4.78 is 27.3. The van der Waals surface area contributed by atoms with Gasteiger partial charge < -0.3 is 10.0 Å². The van der Waals surface area contributed by atoms with E-state index in [2.05, 4.69) is 9.62 Å². The highest BCUT2D eigenvalue weighted by Crippen LogP contribution is 2.07. The molecule has 108 valence electrons. The van der Waals surface area contributed by atoms with Gasteiger partial charge in [-0.15, -0.1) is 0 Å². The molecule has 0 saturated carbocycles. The van der Waals surface area contributed by atoms with Crippen molar-refractivity contribution in [3.8, 4) is 0 Å². The third kappa shape index (κ3) is 5.62. The standard InChI is InChI=1S/C11H25N3O3S/c1-13(7-5-11-15)18(16,17)12-6-4-10-14-8-2-3-9-14/h12,15H,2-11H2,1H3. The molecular formula is C11H25N3O3S. The zero-order valence-corrected chi connectivity index (χ0v) is 12.0. The number of rotatable bonds is 9. The summed E-state index contributed by atoms with van der Waals surface area (Å²) in [6, 6.07) is 0. The SMILES string of the molecule is CN(CCCO)S(=O)(=O)NCCCN1CCCC1. The molecule has 1 rings (SSSR count). The second-order valence-corrected chi connectivity index (χ2v) is 6.56. The Hall–Kier alpha value is -0.210. The normalized spacial score (nSPS) is 17.7. The molecule has 0 bridgehead atoms. The quantitative estimate of drug-likeness (QED) is 0.564. The van der Waals surface area contributed by atoms with E-state index in [1.807, 2.05) is 0 Å². The number of nitrogens with one attached hydrogen (secondary N) is 1. The Morgan fingerprint density at radius 1 is 1.28 bits per heavy atom. The molecule has 0 radical (unpaired) electrons. The first-order valence-electron chi connectivity index (χ1n) is 6.60. The summed E-state index contributed by atoms with van der Waals surface area (Å²) in [5.74, 6) is 0. The Morgan fingerprint density at radius 3 is 2.56 bits per heavy atom. The molecule has 7 heteroatoms. The van der Waals surface area contributed by atoms with Crippen molar-refractivity contribution in [1.82, 2.24) is 13.9 Å². The van der Waals surface area contributed by atoms with Crippen LogP contribution in [0.1, 0.15) is 25.7 Å². The van der Waals surface area contributed by atoms with Gasteiger partial charge in [0.05, 0.1) is 0 Å². The maximum absolute atomic E-state index is 11.8. The summed E-state index contributed by atoms with van der Waals surface area (Å²) in [5.41, 5.74) is 0. The molecule has 1 aliphatic rings. The molecule has 0 amide bonds. The highest BCUT2D eigenvalue weighted by atomic mass is 32.2. The van der Waals surface area contributed by atoms with Crippen molar-refractivity contribution < 1.29 is 13.5 Å². The Balaban J connectivity index is 2.15. The summed E-state index contributed by atoms with van der Waals surface area (Å²) in [7, 11) is -1.85. The molecular weight excluding hydrogens is 254 g/mol. The van der Waals surface area contributed by atoms with Crippen molar-refractivity contribution in [3.63, 3.8) is 0 Å². The fourth-order valence-electron chi connectivity index (χ4n) is 2.03. The minimum absolute atomic E-state index is 0.00875. The first kappa shape index (κ1) is 15.8. The molecule has 1 aliphatic heterocycles. The molecule has 18 heavy (non-hydrogen) atoms. The smallest absolute Gasteiger partial charge is 0.279 e. The van der Waals surface area contributed by atoms with Crippen molar-refractivity contribution in [3.05, 3.63) is 0 Å². The monoisotopic (exact) mass is 279 g/mol. The van der Waals surface area contributed by atoms with Crippen LogP contribution in [0.3, 0.4) is 0 Å². The number of hydrogen-bond acceptors (Lipinski definition) is 4. The van der Waals surface area contributed by atoms with Crippen molar-refractivity contribution in [1.29, 1.82) is 0 Å². The lowest BCUT2D eigenvalue weighted by atomic mass is 10.4. The molecule has 6 nitrogen and oxygen atoms in total. The van der Waals surface area contributed by atoms with E-state index in [0.717, 1.165) is 26.1 Å². The van der Waals surface area contributed by atoms with Crippen molar-refractivity contribution in [2.75, 3.05) is 46.4 Å². The predicted octanol–water partition coefficient (Wildman–Crippen LogP) is -0.379. The average Bonchev–Trinajstić information content (AvgIpc) is 2.84. The number of aliphatic hydroxyl groups excluding tert-OH is 1. The lowest BCUT2D eigenvalue weighted by Crippen LogP contribution is -2.40. The van der Waals surface area contributed by atoms with Gasteiger partial charge >= 0.3 is 0 Å². The van der Waals surface area contributed by atoms with E-state index in [-0.39, 0.29) is 6.61 Å². The second kappa shape index (κ2) is 8.06. The third-order valence-corrected chi connectivity index (χ3v) is 4.75. The van der Waals surface area contributed by atoms with Crippen molar-refractivity contribution >= 4 is 10.2 Å². The van der Waals surface area contributed by atoms with E-state index in [1.165, 1.54) is 24.2 Å². The lowest BCUT2D eigenvalue weighted by molar-refractivity contribution is 0.275. The molecule has 0 aromatic heterocycles. The Kier molecular flexibility index (Phi) is 7.10. The molecule has 1 saturated heterocycles. The van der Waals surface area contributed by atoms with E-state index >= 15 is 0 Å². The second-order valence-electron chi connectivity index (χ2n) is 4.70. The Morgan fingerprint density at radius 2 is 1.94 bits per heavy atom. The van der Waals surface area contributed by atoms with Crippen LogP contribution in [0, 0.1) is 0 Å². The van der Waals surface area contributed by atoms with Gasteiger partial charge in [-0.05, 0) is 45.3 Å². The predicted molar refractivity (Wildman–Crippen MR) is 71.5 cm³/mol. The zero-order chi connectivity index (χ0) is 13.4. The van der Waals surface area contributed by atoms with E-state index in [1.54, 1.807) is 0 Å². The molecule has 0 spiro atoms. The van der Waals surface area contributed by atoms with Gasteiger partial charge in [-0.2, -0.15) is 12.7 Å². The summed E-state index contributed by atoms with van der Waals surface area (Å²) >= 11 is 0. The van der Waals surface area contributed by atoms with Crippen LogP contribution in [-0.2, 0) is 10.2 Å². The first-order valence-corrected chi connectivity index (χ1v) is 8.04. The van der Waals surface area contributed by atoms with Crippen LogP contribution in [0.4, 0.5) is 0 Å². The molecule has 0 unspecified atom stereocenters. The number of likely N-dealkylation sites (tertiary alicyclic amines) is 1. The summed E-state index contributed by atoms with van der Waals surface area (Å²) in [6.07, 6.45) is 3.82. The van der Waals surface area contributed by atoms with Crippen LogP contribution in [0.2, 0.25) is 0 Å². The highest BCUT2D eigenvalue weighted by Gasteiger charge is 2.16. The van der Waals surface area contributed by atoms with Crippen LogP contribution in [-0.4, -0.2) is 69.1 Å². The van der Waals surface area contributed by atoms with E-state index in [0.29, 0.717) is 19.5 Å². The molecule has 0 aromatic rings. The van der Waals surface area contributed by atoms with E-state index < -0.39 is 10.2 Å². The summed E-state index contributed by atoms with van der Waals surface area (Å²) in [6.45, 7) is 4.07. The number of nitrogens with zero attached hydrogens (tertiary/aromatic N) is 2. The van der Waals surface area contributed by atoms with Crippen LogP contribution < -0.4 is 4.72 Å². The van der Waals surface area contributed by atoms with Crippen molar-refractivity contribution in [2.24, 2.45) is 0 Å².